The van der Waals surface area contributed by atoms with Gasteiger partial charge in [-0.1, -0.05) is 19.1 Å². The van der Waals surface area contributed by atoms with Crippen molar-refractivity contribution in [3.05, 3.63) is 29.8 Å². The molecule has 1 amide bonds. The van der Waals surface area contributed by atoms with Gasteiger partial charge in [0.15, 0.2) is 0 Å². The van der Waals surface area contributed by atoms with Gasteiger partial charge in [-0.2, -0.15) is 0 Å². The Hall–Kier alpha value is -1.00. The van der Waals surface area contributed by atoms with Crippen LogP contribution in [0.5, 0.6) is 0 Å². The zero-order chi connectivity index (χ0) is 15.0. The molecule has 0 aliphatic rings. The van der Waals surface area contributed by atoms with Crippen molar-refractivity contribution in [2.75, 3.05) is 12.8 Å². The molecule has 2 N–H and O–H groups in total. The third kappa shape index (κ3) is 5.97. The Labute approximate surface area is 126 Å². The minimum atomic E-state index is 0.122. The lowest BCUT2D eigenvalue weighted by Crippen LogP contribution is -2.34. The number of nitrogens with one attached hydrogen (secondary N) is 2. The molecular weight excluding hydrogens is 268 g/mol. The number of benzene rings is 1. The number of rotatable bonds is 8. The molecule has 1 aromatic rings. The summed E-state index contributed by atoms with van der Waals surface area (Å²) in [4.78, 5) is 12.9. The molecule has 2 unspecified atom stereocenters. The van der Waals surface area contributed by atoms with Gasteiger partial charge in [0.2, 0.25) is 5.91 Å². The fourth-order valence-corrected chi connectivity index (χ4v) is 2.27. The second kappa shape index (κ2) is 9.03. The molecule has 0 saturated carbocycles. The average Bonchev–Trinajstić information content (AvgIpc) is 2.47. The van der Waals surface area contributed by atoms with Gasteiger partial charge in [-0.25, -0.2) is 0 Å². The van der Waals surface area contributed by atoms with Crippen molar-refractivity contribution in [2.24, 2.45) is 0 Å². The predicted octanol–water partition coefficient (Wildman–Crippen LogP) is 3.36. The van der Waals surface area contributed by atoms with E-state index in [2.05, 4.69) is 55.0 Å². The highest BCUT2D eigenvalue weighted by molar-refractivity contribution is 7.98. The molecule has 0 saturated heterocycles. The summed E-state index contributed by atoms with van der Waals surface area (Å²) in [5, 5.41) is 6.37. The summed E-state index contributed by atoms with van der Waals surface area (Å²) in [6.45, 7) is 6.93. The van der Waals surface area contributed by atoms with Crippen LogP contribution in [0.25, 0.3) is 0 Å². The predicted molar refractivity (Wildman–Crippen MR) is 87.2 cm³/mol. The monoisotopic (exact) mass is 294 g/mol. The van der Waals surface area contributed by atoms with Crippen LogP contribution in [0, 0.1) is 0 Å². The van der Waals surface area contributed by atoms with Crippen LogP contribution >= 0.6 is 11.8 Å². The minimum absolute atomic E-state index is 0.122. The second-order valence-corrected chi connectivity index (χ2v) is 5.96. The lowest BCUT2D eigenvalue weighted by atomic mass is 10.1. The van der Waals surface area contributed by atoms with Crippen molar-refractivity contribution in [1.82, 2.24) is 10.6 Å². The summed E-state index contributed by atoms with van der Waals surface area (Å²) in [5.74, 6) is 0.122. The largest absolute Gasteiger partial charge is 0.354 e. The molecule has 3 nitrogen and oxygen atoms in total. The quantitative estimate of drug-likeness (QED) is 0.722. The highest BCUT2D eigenvalue weighted by Crippen LogP contribution is 2.18. The first-order chi connectivity index (χ1) is 9.56. The third-order valence-electron chi connectivity index (χ3n) is 3.44. The second-order valence-electron chi connectivity index (χ2n) is 5.08. The van der Waals surface area contributed by atoms with E-state index in [1.807, 2.05) is 6.92 Å². The van der Waals surface area contributed by atoms with E-state index in [9.17, 15) is 4.79 Å². The molecule has 0 aliphatic heterocycles. The fourth-order valence-electron chi connectivity index (χ4n) is 1.86. The van der Waals surface area contributed by atoms with Crippen LogP contribution < -0.4 is 10.6 Å². The Morgan fingerprint density at radius 3 is 2.45 bits per heavy atom. The van der Waals surface area contributed by atoms with E-state index in [1.54, 1.807) is 11.8 Å². The molecule has 4 heteroatoms. The normalized spacial score (nSPS) is 13.8. The first-order valence-corrected chi connectivity index (χ1v) is 8.46. The first-order valence-electron chi connectivity index (χ1n) is 7.23. The number of carbonyl (C=O) groups excluding carboxylic acids is 1. The van der Waals surface area contributed by atoms with Crippen LogP contribution in [0.15, 0.2) is 29.2 Å². The van der Waals surface area contributed by atoms with E-state index < -0.39 is 0 Å². The summed E-state index contributed by atoms with van der Waals surface area (Å²) in [5.41, 5.74) is 1.25. The molecule has 20 heavy (non-hydrogen) atoms. The lowest BCUT2D eigenvalue weighted by molar-refractivity contribution is -0.121. The number of hydrogen-bond acceptors (Lipinski definition) is 3. The van der Waals surface area contributed by atoms with E-state index in [4.69, 9.17) is 0 Å². The van der Waals surface area contributed by atoms with Gasteiger partial charge in [0.25, 0.3) is 0 Å². The van der Waals surface area contributed by atoms with Crippen molar-refractivity contribution in [3.8, 4) is 0 Å². The zero-order valence-electron chi connectivity index (χ0n) is 12.9. The van der Waals surface area contributed by atoms with Crippen LogP contribution in [0.2, 0.25) is 0 Å². The molecule has 0 heterocycles. The Bertz CT molecular complexity index is 405. The van der Waals surface area contributed by atoms with Gasteiger partial charge in [0.05, 0.1) is 0 Å². The van der Waals surface area contributed by atoms with Crippen molar-refractivity contribution >= 4 is 17.7 Å². The molecule has 0 fully saturated rings. The topological polar surface area (TPSA) is 41.1 Å². The summed E-state index contributed by atoms with van der Waals surface area (Å²) < 4.78 is 0. The third-order valence-corrected chi connectivity index (χ3v) is 4.18. The van der Waals surface area contributed by atoms with Crippen LogP contribution in [0.3, 0.4) is 0 Å². The molecule has 1 aromatic carbocycles. The SMILES string of the molecule is CCC(C)NC(=O)CCNC(C)c1ccc(SC)cc1. The van der Waals surface area contributed by atoms with Gasteiger partial charge in [-0.05, 0) is 44.2 Å². The smallest absolute Gasteiger partial charge is 0.221 e. The molecule has 0 radical (unpaired) electrons. The molecule has 112 valence electrons. The molecule has 2 atom stereocenters. The van der Waals surface area contributed by atoms with E-state index in [0.717, 1.165) is 6.42 Å². The van der Waals surface area contributed by atoms with E-state index >= 15 is 0 Å². The maximum Gasteiger partial charge on any atom is 0.221 e. The molecule has 0 aromatic heterocycles. The number of hydrogen-bond donors (Lipinski definition) is 2. The highest BCUT2D eigenvalue weighted by atomic mass is 32.2. The number of carbonyl (C=O) groups is 1. The number of thioether (sulfide) groups is 1. The van der Waals surface area contributed by atoms with Crippen molar-refractivity contribution < 1.29 is 4.79 Å². The Morgan fingerprint density at radius 1 is 1.25 bits per heavy atom. The fraction of sp³-hybridized carbons (Fsp3) is 0.562. The van der Waals surface area contributed by atoms with Gasteiger partial charge in [0, 0.05) is 29.9 Å². The zero-order valence-corrected chi connectivity index (χ0v) is 13.7. The van der Waals surface area contributed by atoms with E-state index in [0.29, 0.717) is 13.0 Å². The first kappa shape index (κ1) is 17.1. The Balaban J connectivity index is 2.32. The van der Waals surface area contributed by atoms with Gasteiger partial charge >= 0.3 is 0 Å². The molecular formula is C16H26N2OS. The molecule has 0 aliphatic carbocycles. The van der Waals surface area contributed by atoms with Crippen molar-refractivity contribution in [2.45, 2.75) is 50.6 Å². The molecule has 0 spiro atoms. The number of amides is 1. The molecule has 1 rings (SSSR count). The standard InChI is InChI=1S/C16H26N2OS/c1-5-12(2)18-16(19)10-11-17-13(3)14-6-8-15(20-4)9-7-14/h6-9,12-13,17H,5,10-11H2,1-4H3,(H,18,19). The van der Waals surface area contributed by atoms with Crippen LogP contribution in [0.1, 0.15) is 45.2 Å². The van der Waals surface area contributed by atoms with Crippen LogP contribution in [-0.2, 0) is 4.79 Å². The van der Waals surface area contributed by atoms with Crippen LogP contribution in [-0.4, -0.2) is 24.7 Å². The van der Waals surface area contributed by atoms with Crippen LogP contribution in [0.4, 0.5) is 0 Å². The van der Waals surface area contributed by atoms with Gasteiger partial charge in [0.1, 0.15) is 0 Å². The maximum absolute atomic E-state index is 11.7. The average molecular weight is 294 g/mol. The summed E-state index contributed by atoms with van der Waals surface area (Å²) in [7, 11) is 0. The Morgan fingerprint density at radius 2 is 1.90 bits per heavy atom. The minimum Gasteiger partial charge on any atom is -0.354 e. The molecule has 0 bridgehead atoms. The summed E-state index contributed by atoms with van der Waals surface area (Å²) >= 11 is 1.75. The van der Waals surface area contributed by atoms with Gasteiger partial charge in [-0.15, -0.1) is 11.8 Å². The Kier molecular flexibility index (Phi) is 7.70. The lowest BCUT2D eigenvalue weighted by Gasteiger charge is -2.15. The van der Waals surface area contributed by atoms with Gasteiger partial charge < -0.3 is 10.6 Å². The van der Waals surface area contributed by atoms with E-state index in [1.165, 1.54) is 10.5 Å². The highest BCUT2D eigenvalue weighted by Gasteiger charge is 2.08. The van der Waals surface area contributed by atoms with Crippen molar-refractivity contribution in [3.63, 3.8) is 0 Å². The summed E-state index contributed by atoms with van der Waals surface area (Å²) in [6, 6.07) is 9.08. The summed E-state index contributed by atoms with van der Waals surface area (Å²) in [6.07, 6.45) is 3.57. The van der Waals surface area contributed by atoms with Gasteiger partial charge in [-0.3, -0.25) is 4.79 Å². The van der Waals surface area contributed by atoms with Crippen molar-refractivity contribution in [1.29, 1.82) is 0 Å². The maximum atomic E-state index is 11.7. The van der Waals surface area contributed by atoms with E-state index in [-0.39, 0.29) is 18.0 Å².